The molecule has 34 heavy (non-hydrogen) atoms. The minimum atomic E-state index is -0.844. The zero-order valence-electron chi connectivity index (χ0n) is 20.8. The Morgan fingerprint density at radius 3 is 2.21 bits per heavy atom. The van der Waals surface area contributed by atoms with Crippen molar-refractivity contribution in [1.82, 2.24) is 10.6 Å². The predicted octanol–water partition coefficient (Wildman–Crippen LogP) is 2.02. The number of rotatable bonds is 13. The Bertz CT molecular complexity index is 839. The number of primary amides is 1. The zero-order chi connectivity index (χ0) is 25.9. The number of amides is 4. The van der Waals surface area contributed by atoms with Gasteiger partial charge in [-0.3, -0.25) is 14.4 Å². The highest BCUT2D eigenvalue weighted by Crippen LogP contribution is 2.22. The van der Waals surface area contributed by atoms with E-state index in [-0.39, 0.29) is 31.5 Å². The molecule has 0 saturated carbocycles. The van der Waals surface area contributed by atoms with E-state index in [1.54, 1.807) is 24.3 Å². The van der Waals surface area contributed by atoms with Crippen LogP contribution in [0.2, 0.25) is 0 Å². The predicted molar refractivity (Wildman–Crippen MR) is 131 cm³/mol. The minimum Gasteiger partial charge on any atom is -0.460 e. The molecule has 2 atom stereocenters. The van der Waals surface area contributed by atoms with Crippen LogP contribution in [0.25, 0.3) is 0 Å². The fraction of sp³-hybridized carbons (Fsp3) is 0.583. The molecular weight excluding hydrogens is 438 g/mol. The molecule has 0 fully saturated rings. The van der Waals surface area contributed by atoms with Crippen molar-refractivity contribution in [3.63, 3.8) is 0 Å². The number of benzene rings is 1. The van der Waals surface area contributed by atoms with E-state index in [0.717, 1.165) is 5.56 Å². The van der Waals surface area contributed by atoms with Gasteiger partial charge < -0.3 is 32.2 Å². The second kappa shape index (κ2) is 13.5. The molecule has 7 N–H and O–H groups in total. The molecule has 190 valence electrons. The molecule has 0 bridgehead atoms. The number of urea groups is 1. The molecule has 0 unspecified atom stereocenters. The first-order valence-electron chi connectivity index (χ1n) is 11.5. The number of ether oxygens (including phenoxy) is 1. The molecule has 0 aromatic heterocycles. The van der Waals surface area contributed by atoms with E-state index in [1.807, 2.05) is 34.6 Å². The molecule has 10 nitrogen and oxygen atoms in total. The van der Waals surface area contributed by atoms with Crippen LogP contribution in [-0.2, 0) is 25.7 Å². The number of anilines is 1. The summed E-state index contributed by atoms with van der Waals surface area (Å²) in [6.45, 7) is 9.64. The van der Waals surface area contributed by atoms with E-state index in [1.165, 1.54) is 0 Å². The first-order chi connectivity index (χ1) is 15.9. The maximum Gasteiger partial charge on any atom is 0.312 e. The minimum absolute atomic E-state index is 0.0928. The third kappa shape index (κ3) is 9.78. The van der Waals surface area contributed by atoms with Crippen molar-refractivity contribution in [3.8, 4) is 0 Å². The Morgan fingerprint density at radius 2 is 1.68 bits per heavy atom. The fourth-order valence-corrected chi connectivity index (χ4v) is 2.76. The van der Waals surface area contributed by atoms with Gasteiger partial charge in [-0.1, -0.05) is 32.9 Å². The normalized spacial score (nSPS) is 13.0. The summed E-state index contributed by atoms with van der Waals surface area (Å²) in [5.74, 6) is -1.20. The van der Waals surface area contributed by atoms with Crippen LogP contribution >= 0.6 is 0 Å². The molecule has 0 aliphatic rings. The van der Waals surface area contributed by atoms with Gasteiger partial charge in [-0.05, 0) is 56.7 Å². The molecule has 10 heteroatoms. The molecule has 0 heterocycles. The van der Waals surface area contributed by atoms with Crippen LogP contribution in [0.1, 0.15) is 59.4 Å². The molecule has 1 aromatic carbocycles. The molecule has 0 spiro atoms. The highest BCUT2D eigenvalue weighted by Gasteiger charge is 2.27. The van der Waals surface area contributed by atoms with Gasteiger partial charge in [0.1, 0.15) is 12.6 Å². The van der Waals surface area contributed by atoms with Crippen molar-refractivity contribution in [2.24, 2.45) is 22.8 Å². The molecule has 0 aliphatic carbocycles. The van der Waals surface area contributed by atoms with Crippen molar-refractivity contribution < 1.29 is 23.9 Å². The van der Waals surface area contributed by atoms with E-state index in [0.29, 0.717) is 18.5 Å². The third-order valence-electron chi connectivity index (χ3n) is 5.65. The van der Waals surface area contributed by atoms with Crippen LogP contribution in [-0.4, -0.2) is 42.4 Å². The summed E-state index contributed by atoms with van der Waals surface area (Å²) in [7, 11) is 0. The maximum absolute atomic E-state index is 12.9. The Labute approximate surface area is 201 Å². The third-order valence-corrected chi connectivity index (χ3v) is 5.65. The van der Waals surface area contributed by atoms with Gasteiger partial charge in [0.2, 0.25) is 11.8 Å². The summed E-state index contributed by atoms with van der Waals surface area (Å²) in [4.78, 5) is 48.3. The van der Waals surface area contributed by atoms with Crippen LogP contribution in [0.4, 0.5) is 10.5 Å². The summed E-state index contributed by atoms with van der Waals surface area (Å²) in [6, 6.07) is 4.64. The number of carbonyl (C=O) groups excluding carboxylic acids is 4. The molecule has 1 rings (SSSR count). The number of esters is 1. The van der Waals surface area contributed by atoms with E-state index < -0.39 is 35.3 Å². The second-order valence-corrected chi connectivity index (χ2v) is 9.26. The van der Waals surface area contributed by atoms with Gasteiger partial charge >= 0.3 is 12.0 Å². The zero-order valence-corrected chi connectivity index (χ0v) is 20.8. The average Bonchev–Trinajstić information content (AvgIpc) is 2.79. The molecule has 0 saturated heterocycles. The summed E-state index contributed by atoms with van der Waals surface area (Å²) >= 11 is 0. The molecule has 4 amide bonds. The smallest absolute Gasteiger partial charge is 0.312 e. The van der Waals surface area contributed by atoms with Gasteiger partial charge in [0.15, 0.2) is 0 Å². The van der Waals surface area contributed by atoms with Crippen LogP contribution in [0.3, 0.4) is 0 Å². The van der Waals surface area contributed by atoms with Crippen molar-refractivity contribution in [3.05, 3.63) is 29.8 Å². The first kappa shape index (κ1) is 28.9. The van der Waals surface area contributed by atoms with Crippen LogP contribution in [0.15, 0.2) is 24.3 Å². The van der Waals surface area contributed by atoms with Gasteiger partial charge in [-0.25, -0.2) is 4.79 Å². The average molecular weight is 478 g/mol. The Balaban J connectivity index is 2.76. The number of nitrogens with two attached hydrogens (primary N) is 2. The number of nitrogens with one attached hydrogen (secondary N) is 3. The second-order valence-electron chi connectivity index (χ2n) is 9.26. The van der Waals surface area contributed by atoms with Crippen LogP contribution in [0, 0.1) is 11.3 Å². The van der Waals surface area contributed by atoms with E-state index in [9.17, 15) is 19.2 Å². The van der Waals surface area contributed by atoms with Crippen molar-refractivity contribution in [2.45, 2.75) is 72.6 Å². The van der Waals surface area contributed by atoms with Crippen LogP contribution in [0.5, 0.6) is 0 Å². The number of hydrogen-bond donors (Lipinski definition) is 5. The van der Waals surface area contributed by atoms with Crippen LogP contribution < -0.4 is 27.4 Å². The molecular formula is C24H39N5O5. The number of hydrogen-bond acceptors (Lipinski definition) is 6. The monoisotopic (exact) mass is 477 g/mol. The lowest BCUT2D eigenvalue weighted by Crippen LogP contribution is -2.51. The summed E-state index contributed by atoms with van der Waals surface area (Å²) < 4.78 is 5.38. The lowest BCUT2D eigenvalue weighted by molar-refractivity contribution is -0.155. The van der Waals surface area contributed by atoms with Crippen molar-refractivity contribution in [2.75, 3.05) is 11.9 Å². The topological polar surface area (TPSA) is 166 Å². The Hall–Kier alpha value is -3.14. The van der Waals surface area contributed by atoms with Crippen molar-refractivity contribution >= 4 is 29.5 Å². The highest BCUT2D eigenvalue weighted by molar-refractivity contribution is 5.97. The Kier molecular flexibility index (Phi) is 11.5. The lowest BCUT2D eigenvalue weighted by Gasteiger charge is -2.22. The fourth-order valence-electron chi connectivity index (χ4n) is 2.76. The highest BCUT2D eigenvalue weighted by atomic mass is 16.5. The first-order valence-corrected chi connectivity index (χ1v) is 11.5. The molecule has 0 radical (unpaired) electrons. The largest absolute Gasteiger partial charge is 0.460 e. The van der Waals surface area contributed by atoms with Gasteiger partial charge in [0, 0.05) is 12.2 Å². The summed E-state index contributed by atoms with van der Waals surface area (Å²) in [5, 5.41) is 7.93. The molecule has 0 aliphatic heterocycles. The quantitative estimate of drug-likeness (QED) is 0.215. The lowest BCUT2D eigenvalue weighted by atomic mass is 9.91. The van der Waals surface area contributed by atoms with E-state index in [2.05, 4.69) is 16.0 Å². The van der Waals surface area contributed by atoms with Gasteiger partial charge in [-0.2, -0.15) is 0 Å². The van der Waals surface area contributed by atoms with Gasteiger partial charge in [0.25, 0.3) is 0 Å². The standard InChI is InChI=1S/C24H39N5O5/c1-6-24(4,5)22(32)34-14-16-9-11-17(12-10-16)28-20(30)18(8-7-13-27-23(26)33)29-21(31)19(25)15(2)3/h9-12,15,18-19H,6-8,13-14,25H2,1-5H3,(H,28,30)(H,29,31)(H3,26,27,33)/t18-,19-/m0/s1. The summed E-state index contributed by atoms with van der Waals surface area (Å²) in [5.41, 5.74) is 11.7. The van der Waals surface area contributed by atoms with Gasteiger partial charge in [-0.15, -0.1) is 0 Å². The van der Waals surface area contributed by atoms with E-state index in [4.69, 9.17) is 16.2 Å². The number of carbonyl (C=O) groups is 4. The summed E-state index contributed by atoms with van der Waals surface area (Å²) in [6.07, 6.45) is 1.38. The van der Waals surface area contributed by atoms with E-state index >= 15 is 0 Å². The Morgan fingerprint density at radius 1 is 1.06 bits per heavy atom. The van der Waals surface area contributed by atoms with Crippen molar-refractivity contribution in [1.29, 1.82) is 0 Å². The SMILES string of the molecule is CCC(C)(C)C(=O)OCc1ccc(NC(=O)[C@H](CCCNC(N)=O)NC(=O)[C@@H](N)C(C)C)cc1. The maximum atomic E-state index is 12.9. The molecule has 1 aromatic rings. The van der Waals surface area contributed by atoms with Gasteiger partial charge in [0.05, 0.1) is 11.5 Å².